The number of aryl methyl sites for hydroxylation is 1. The van der Waals surface area contributed by atoms with Crippen LogP contribution in [-0.4, -0.2) is 34.0 Å². The first-order valence-electron chi connectivity index (χ1n) is 8.55. The number of hydrogen-bond donors (Lipinski definition) is 2. The van der Waals surface area contributed by atoms with Crippen LogP contribution < -0.4 is 22.0 Å². The molecule has 0 radical (unpaired) electrons. The fraction of sp³-hybridized carbons (Fsp3) is 0.529. The first-order valence-corrected chi connectivity index (χ1v) is 8.55. The summed E-state index contributed by atoms with van der Waals surface area (Å²) in [7, 11) is 0. The largest absolute Gasteiger partial charge is 0.396 e. The molecule has 0 spiro atoms. The first-order chi connectivity index (χ1) is 11.9. The summed E-state index contributed by atoms with van der Waals surface area (Å²) in [5, 5.41) is 9.16. The van der Waals surface area contributed by atoms with E-state index in [1.54, 1.807) is 11.5 Å². The summed E-state index contributed by atoms with van der Waals surface area (Å²) in [6.45, 7) is 3.19. The Bertz CT molecular complexity index is 971. The lowest BCUT2D eigenvalue weighted by molar-refractivity contribution is 0.238. The number of nitrogen functional groups attached to an aromatic ring is 1. The van der Waals surface area contributed by atoms with E-state index in [-0.39, 0.29) is 18.0 Å². The molecule has 2 fully saturated rings. The van der Waals surface area contributed by atoms with Crippen LogP contribution >= 0.6 is 0 Å². The van der Waals surface area contributed by atoms with Gasteiger partial charge in [0.2, 0.25) is 0 Å². The second-order valence-electron chi connectivity index (χ2n) is 7.07. The maximum absolute atomic E-state index is 14.8. The van der Waals surface area contributed by atoms with E-state index < -0.39 is 17.1 Å². The second kappa shape index (κ2) is 5.59. The van der Waals surface area contributed by atoms with Crippen LogP contribution in [0.5, 0.6) is 0 Å². The Hall–Kier alpha value is -2.35. The number of aliphatic hydroxyl groups is 1. The Kier molecular flexibility index (Phi) is 3.61. The number of rotatable bonds is 4. The Morgan fingerprint density at radius 1 is 1.32 bits per heavy atom. The quantitative estimate of drug-likeness (QED) is 0.784. The Balaban J connectivity index is 1.93. The van der Waals surface area contributed by atoms with Gasteiger partial charge in [0.1, 0.15) is 5.82 Å². The van der Waals surface area contributed by atoms with Gasteiger partial charge in [0.05, 0.1) is 16.6 Å². The number of nitrogens with two attached hydrogens (primary N) is 1. The van der Waals surface area contributed by atoms with Crippen molar-refractivity contribution in [2.75, 3.05) is 30.4 Å². The molecule has 7 nitrogen and oxygen atoms in total. The van der Waals surface area contributed by atoms with Crippen molar-refractivity contribution in [3.8, 4) is 0 Å². The van der Waals surface area contributed by atoms with E-state index >= 15 is 0 Å². The van der Waals surface area contributed by atoms with Crippen molar-refractivity contribution in [2.45, 2.75) is 32.2 Å². The normalized spacial score (nSPS) is 18.0. The lowest BCUT2D eigenvalue weighted by Gasteiger charge is -2.42. The molecule has 2 heterocycles. The molecular weight excluding hydrogens is 327 g/mol. The van der Waals surface area contributed by atoms with Gasteiger partial charge in [-0.05, 0) is 38.2 Å². The number of benzene rings is 1. The van der Waals surface area contributed by atoms with E-state index in [1.807, 2.05) is 4.90 Å². The van der Waals surface area contributed by atoms with Crippen LogP contribution in [0, 0.1) is 18.7 Å². The molecule has 3 N–H and O–H groups in total. The molecule has 1 aliphatic carbocycles. The second-order valence-corrected chi connectivity index (χ2v) is 7.07. The summed E-state index contributed by atoms with van der Waals surface area (Å²) in [6, 6.07) is 1.21. The third-order valence-electron chi connectivity index (χ3n) is 5.29. The van der Waals surface area contributed by atoms with E-state index in [2.05, 4.69) is 0 Å². The molecule has 0 bridgehead atoms. The van der Waals surface area contributed by atoms with Gasteiger partial charge in [-0.25, -0.2) is 9.18 Å². The van der Waals surface area contributed by atoms with E-state index in [0.29, 0.717) is 46.9 Å². The number of fused-ring (bicyclic) bond motifs is 1. The highest BCUT2D eigenvalue weighted by Gasteiger charge is 2.33. The summed E-state index contributed by atoms with van der Waals surface area (Å²) in [6.07, 6.45) is 2.39. The number of halogens is 1. The molecule has 1 aromatic heterocycles. The van der Waals surface area contributed by atoms with E-state index in [9.17, 15) is 14.0 Å². The minimum atomic E-state index is -0.674. The molecule has 1 aliphatic heterocycles. The van der Waals surface area contributed by atoms with Gasteiger partial charge in [0.15, 0.2) is 0 Å². The third-order valence-corrected chi connectivity index (χ3v) is 5.29. The zero-order valence-electron chi connectivity index (χ0n) is 14.0. The van der Waals surface area contributed by atoms with Crippen molar-refractivity contribution in [1.29, 1.82) is 0 Å². The standard InChI is InChI=1S/C17H21FN4O3/c1-9-14-12(16(24)22(19)17(25)21(14)11-2-3-11)6-13(18)15(9)20-7-10(8-20)4-5-23/h6,10-11,23H,2-5,7-8,19H2,1H3. The van der Waals surface area contributed by atoms with Gasteiger partial charge in [-0.15, -0.1) is 0 Å². The molecule has 0 atom stereocenters. The van der Waals surface area contributed by atoms with Crippen LogP contribution in [0.2, 0.25) is 0 Å². The number of anilines is 1. The molecule has 25 heavy (non-hydrogen) atoms. The van der Waals surface area contributed by atoms with E-state index in [1.165, 1.54) is 6.07 Å². The maximum atomic E-state index is 14.8. The monoisotopic (exact) mass is 348 g/mol. The van der Waals surface area contributed by atoms with Crippen LogP contribution in [0.1, 0.15) is 30.9 Å². The van der Waals surface area contributed by atoms with Crippen molar-refractivity contribution < 1.29 is 9.50 Å². The van der Waals surface area contributed by atoms with Gasteiger partial charge in [-0.3, -0.25) is 9.36 Å². The summed E-state index contributed by atoms with van der Waals surface area (Å²) in [4.78, 5) is 26.8. The summed E-state index contributed by atoms with van der Waals surface area (Å²) in [5.41, 5.74) is 0.291. The predicted octanol–water partition coefficient (Wildman–Crippen LogP) is 0.478. The van der Waals surface area contributed by atoms with Crippen LogP contribution in [0.15, 0.2) is 15.7 Å². The lowest BCUT2D eigenvalue weighted by atomic mass is 9.94. The van der Waals surface area contributed by atoms with Crippen molar-refractivity contribution >= 4 is 16.6 Å². The fourth-order valence-electron chi connectivity index (χ4n) is 3.84. The SMILES string of the molecule is Cc1c(N2CC(CCO)C2)c(F)cc2c(=O)n(N)c(=O)n(C3CC3)c12. The molecule has 4 rings (SSSR count). The first kappa shape index (κ1) is 16.1. The Morgan fingerprint density at radius 2 is 2.00 bits per heavy atom. The highest BCUT2D eigenvalue weighted by molar-refractivity contribution is 5.87. The summed E-state index contributed by atoms with van der Waals surface area (Å²) < 4.78 is 16.9. The van der Waals surface area contributed by atoms with Gasteiger partial charge < -0.3 is 15.8 Å². The van der Waals surface area contributed by atoms with Gasteiger partial charge in [-0.2, -0.15) is 4.68 Å². The molecule has 134 valence electrons. The van der Waals surface area contributed by atoms with E-state index in [4.69, 9.17) is 10.9 Å². The molecule has 1 saturated carbocycles. The van der Waals surface area contributed by atoms with Gasteiger partial charge >= 0.3 is 5.69 Å². The lowest BCUT2D eigenvalue weighted by Crippen LogP contribution is -2.48. The smallest absolute Gasteiger partial charge is 0.350 e. The van der Waals surface area contributed by atoms with Gasteiger partial charge in [0.25, 0.3) is 5.56 Å². The number of nitrogens with zero attached hydrogens (tertiary/aromatic N) is 3. The van der Waals surface area contributed by atoms with Crippen molar-refractivity contribution in [1.82, 2.24) is 9.24 Å². The average molecular weight is 348 g/mol. The molecule has 0 unspecified atom stereocenters. The number of aromatic nitrogens is 2. The Labute approximate surface area is 143 Å². The minimum Gasteiger partial charge on any atom is -0.396 e. The molecule has 0 amide bonds. The van der Waals surface area contributed by atoms with Crippen LogP contribution in [0.25, 0.3) is 10.9 Å². The molecule has 2 aliphatic rings. The molecule has 8 heteroatoms. The maximum Gasteiger partial charge on any atom is 0.350 e. The topological polar surface area (TPSA) is 93.5 Å². The number of hydrogen-bond acceptors (Lipinski definition) is 5. The molecule has 2 aromatic rings. The fourth-order valence-corrected chi connectivity index (χ4v) is 3.84. The number of aliphatic hydroxyl groups excluding tert-OH is 1. The van der Waals surface area contributed by atoms with E-state index in [0.717, 1.165) is 12.8 Å². The highest BCUT2D eigenvalue weighted by Crippen LogP contribution is 2.39. The Morgan fingerprint density at radius 3 is 2.60 bits per heavy atom. The summed E-state index contributed by atoms with van der Waals surface area (Å²) in [5.74, 6) is 5.47. The van der Waals surface area contributed by atoms with Crippen LogP contribution in [-0.2, 0) is 0 Å². The van der Waals surface area contributed by atoms with Crippen molar-refractivity contribution in [3.05, 3.63) is 38.3 Å². The van der Waals surface area contributed by atoms with Crippen molar-refractivity contribution in [2.24, 2.45) is 5.92 Å². The van der Waals surface area contributed by atoms with Gasteiger partial charge in [0, 0.05) is 31.3 Å². The molecule has 1 saturated heterocycles. The zero-order valence-corrected chi connectivity index (χ0v) is 14.0. The average Bonchev–Trinajstić information content (AvgIpc) is 3.36. The predicted molar refractivity (Wildman–Crippen MR) is 93.0 cm³/mol. The third kappa shape index (κ3) is 2.35. The molecule has 1 aromatic carbocycles. The van der Waals surface area contributed by atoms with Crippen LogP contribution in [0.3, 0.4) is 0 Å². The molecular formula is C17H21FN4O3. The summed E-state index contributed by atoms with van der Waals surface area (Å²) >= 11 is 0. The zero-order chi connectivity index (χ0) is 17.9. The minimum absolute atomic E-state index is 0.0148. The van der Waals surface area contributed by atoms with Gasteiger partial charge in [-0.1, -0.05) is 0 Å². The van der Waals surface area contributed by atoms with Crippen molar-refractivity contribution in [3.63, 3.8) is 0 Å². The van der Waals surface area contributed by atoms with Crippen LogP contribution in [0.4, 0.5) is 10.1 Å². The highest BCUT2D eigenvalue weighted by atomic mass is 19.1.